The Labute approximate surface area is 163 Å². The van der Waals surface area contributed by atoms with E-state index in [1.807, 2.05) is 25.1 Å². The van der Waals surface area contributed by atoms with Crippen molar-refractivity contribution in [2.24, 2.45) is 0 Å². The van der Waals surface area contributed by atoms with Crippen LogP contribution in [0.3, 0.4) is 0 Å². The maximum atomic E-state index is 12.5. The van der Waals surface area contributed by atoms with Crippen molar-refractivity contribution in [1.82, 2.24) is 5.32 Å². The van der Waals surface area contributed by atoms with Gasteiger partial charge >= 0.3 is 0 Å². The molecule has 0 spiro atoms. The second kappa shape index (κ2) is 8.79. The maximum absolute atomic E-state index is 12.5. The molecule has 0 heterocycles. The van der Waals surface area contributed by atoms with E-state index in [0.29, 0.717) is 16.3 Å². The number of thioether (sulfide) groups is 1. The number of carbonyl (C=O) groups excluding carboxylic acids is 1. The minimum absolute atomic E-state index is 0.156. The molecule has 0 radical (unpaired) electrons. The largest absolute Gasteiger partial charge is 0.349 e. The Morgan fingerprint density at radius 2 is 1.69 bits per heavy atom. The second-order valence-electron chi connectivity index (χ2n) is 5.88. The Kier molecular flexibility index (Phi) is 6.97. The van der Waals surface area contributed by atoms with Crippen LogP contribution in [0.5, 0.6) is 0 Å². The second-order valence-corrected chi connectivity index (χ2v) is 9.42. The number of nitrogens with one attached hydrogen (secondary N) is 2. The molecule has 2 N–H and O–H groups in total. The van der Waals surface area contributed by atoms with Gasteiger partial charge in [-0.3, -0.25) is 9.52 Å². The fraction of sp³-hybridized carbons (Fsp3) is 0.278. The Morgan fingerprint density at radius 3 is 2.35 bits per heavy atom. The summed E-state index contributed by atoms with van der Waals surface area (Å²) < 4.78 is 25.5. The highest BCUT2D eigenvalue weighted by Gasteiger charge is 2.20. The van der Waals surface area contributed by atoms with Gasteiger partial charge in [0.2, 0.25) is 15.9 Å². The molecular formula is C18H21ClN2O3S2. The zero-order chi connectivity index (χ0) is 19.3. The van der Waals surface area contributed by atoms with Crippen LogP contribution in [0.4, 0.5) is 5.69 Å². The smallest absolute Gasteiger partial charge is 0.233 e. The van der Waals surface area contributed by atoms with Gasteiger partial charge in [-0.25, -0.2) is 8.42 Å². The van der Waals surface area contributed by atoms with E-state index in [9.17, 15) is 13.2 Å². The lowest BCUT2D eigenvalue weighted by atomic mass is 10.1. The molecular weight excluding hydrogens is 392 g/mol. The lowest BCUT2D eigenvalue weighted by molar-refractivity contribution is -0.120. The lowest BCUT2D eigenvalue weighted by Gasteiger charge is -2.20. The third-order valence-corrected chi connectivity index (χ3v) is 5.80. The van der Waals surface area contributed by atoms with E-state index in [4.69, 9.17) is 11.6 Å². The van der Waals surface area contributed by atoms with Crippen molar-refractivity contribution in [3.05, 3.63) is 59.1 Å². The average molecular weight is 413 g/mol. The normalized spacial score (nSPS) is 13.7. The predicted molar refractivity (Wildman–Crippen MR) is 108 cm³/mol. The first-order valence-electron chi connectivity index (χ1n) is 7.95. The van der Waals surface area contributed by atoms with Crippen LogP contribution in [0.15, 0.2) is 53.4 Å². The first-order chi connectivity index (χ1) is 12.2. The van der Waals surface area contributed by atoms with Crippen molar-refractivity contribution < 1.29 is 13.2 Å². The summed E-state index contributed by atoms with van der Waals surface area (Å²) in [7, 11) is -3.40. The number of halogens is 1. The molecule has 0 aliphatic heterocycles. The molecule has 8 heteroatoms. The molecule has 1 amide bonds. The molecule has 0 aliphatic rings. The van der Waals surface area contributed by atoms with E-state index in [1.165, 1.54) is 11.8 Å². The summed E-state index contributed by atoms with van der Waals surface area (Å²) in [5.74, 6) is -0.156. The molecule has 0 aliphatic carbocycles. The molecule has 26 heavy (non-hydrogen) atoms. The van der Waals surface area contributed by atoms with Gasteiger partial charge in [-0.1, -0.05) is 41.9 Å². The summed E-state index contributed by atoms with van der Waals surface area (Å²) in [5, 5.41) is 3.17. The molecule has 0 bridgehead atoms. The minimum atomic E-state index is -3.40. The quantitative estimate of drug-likeness (QED) is 0.672. The Balaban J connectivity index is 2.08. The number of benzene rings is 2. The fourth-order valence-corrected chi connectivity index (χ4v) is 4.11. The first-order valence-corrected chi connectivity index (χ1v) is 11.1. The zero-order valence-electron chi connectivity index (χ0n) is 14.7. The van der Waals surface area contributed by atoms with Gasteiger partial charge in [0.1, 0.15) is 0 Å². The topological polar surface area (TPSA) is 75.3 Å². The summed E-state index contributed by atoms with van der Waals surface area (Å²) in [6.45, 7) is 3.62. The number of carbonyl (C=O) groups is 1. The third kappa shape index (κ3) is 5.93. The van der Waals surface area contributed by atoms with Crippen molar-refractivity contribution in [2.45, 2.75) is 30.0 Å². The molecule has 2 aromatic carbocycles. The van der Waals surface area contributed by atoms with Crippen LogP contribution in [-0.4, -0.2) is 25.8 Å². The molecule has 2 atom stereocenters. The SMILES string of the molecule is CC(Sc1ccccc1Cl)C(=O)NC(C)c1ccccc1NS(C)(=O)=O. The lowest BCUT2D eigenvalue weighted by Crippen LogP contribution is -2.33. The molecule has 5 nitrogen and oxygen atoms in total. The van der Waals surface area contributed by atoms with Crippen LogP contribution in [0.25, 0.3) is 0 Å². The zero-order valence-corrected chi connectivity index (χ0v) is 17.1. The van der Waals surface area contributed by atoms with E-state index < -0.39 is 10.0 Å². The van der Waals surface area contributed by atoms with Gasteiger partial charge in [-0.2, -0.15) is 0 Å². The van der Waals surface area contributed by atoms with Gasteiger partial charge in [0.25, 0.3) is 0 Å². The summed E-state index contributed by atoms with van der Waals surface area (Å²) in [5.41, 5.74) is 1.15. The Morgan fingerprint density at radius 1 is 1.08 bits per heavy atom. The van der Waals surface area contributed by atoms with Gasteiger partial charge in [-0.05, 0) is 37.6 Å². The highest BCUT2D eigenvalue weighted by molar-refractivity contribution is 8.00. The number of anilines is 1. The van der Waals surface area contributed by atoms with E-state index >= 15 is 0 Å². The fourth-order valence-electron chi connectivity index (χ4n) is 2.36. The van der Waals surface area contributed by atoms with E-state index in [2.05, 4.69) is 10.0 Å². The van der Waals surface area contributed by atoms with Gasteiger partial charge < -0.3 is 5.32 Å². The standard InChI is InChI=1S/C18H21ClN2O3S2/c1-12(14-8-4-6-10-16(14)21-26(3,23)24)20-18(22)13(2)25-17-11-7-5-9-15(17)19/h4-13,21H,1-3H3,(H,20,22). The van der Waals surface area contributed by atoms with Crippen molar-refractivity contribution in [1.29, 1.82) is 0 Å². The third-order valence-electron chi connectivity index (χ3n) is 3.59. The Hall–Kier alpha value is -1.70. The molecule has 0 fully saturated rings. The minimum Gasteiger partial charge on any atom is -0.349 e. The number of amides is 1. The number of rotatable bonds is 7. The number of para-hydroxylation sites is 1. The maximum Gasteiger partial charge on any atom is 0.233 e. The molecule has 2 unspecified atom stereocenters. The van der Waals surface area contributed by atoms with Crippen LogP contribution in [0, 0.1) is 0 Å². The van der Waals surface area contributed by atoms with Gasteiger partial charge in [0.15, 0.2) is 0 Å². The monoisotopic (exact) mass is 412 g/mol. The summed E-state index contributed by atoms with van der Waals surface area (Å²) in [6.07, 6.45) is 1.09. The van der Waals surface area contributed by atoms with Crippen molar-refractivity contribution in [2.75, 3.05) is 11.0 Å². The van der Waals surface area contributed by atoms with Crippen LogP contribution in [-0.2, 0) is 14.8 Å². The highest BCUT2D eigenvalue weighted by atomic mass is 35.5. The van der Waals surface area contributed by atoms with Crippen molar-refractivity contribution in [3.63, 3.8) is 0 Å². The van der Waals surface area contributed by atoms with Gasteiger partial charge in [0, 0.05) is 4.90 Å². The van der Waals surface area contributed by atoms with Crippen molar-refractivity contribution >= 4 is 45.0 Å². The molecule has 2 rings (SSSR count). The molecule has 0 saturated carbocycles. The highest BCUT2D eigenvalue weighted by Crippen LogP contribution is 2.31. The Bertz CT molecular complexity index is 888. The first kappa shape index (κ1) is 20.6. The predicted octanol–water partition coefficient (Wildman–Crippen LogP) is 4.07. The molecule has 2 aromatic rings. The van der Waals surface area contributed by atoms with E-state index in [1.54, 1.807) is 37.3 Å². The van der Waals surface area contributed by atoms with Crippen LogP contribution in [0.2, 0.25) is 5.02 Å². The van der Waals surface area contributed by atoms with E-state index in [0.717, 1.165) is 11.2 Å². The van der Waals surface area contributed by atoms with Gasteiger partial charge in [0.05, 0.1) is 28.3 Å². The molecule has 0 aromatic heterocycles. The number of sulfonamides is 1. The molecule has 140 valence electrons. The summed E-state index contributed by atoms with van der Waals surface area (Å²) in [6, 6.07) is 14.0. The van der Waals surface area contributed by atoms with Crippen LogP contribution >= 0.6 is 23.4 Å². The number of hydrogen-bond donors (Lipinski definition) is 2. The summed E-state index contributed by atoms with van der Waals surface area (Å²) in [4.78, 5) is 13.4. The summed E-state index contributed by atoms with van der Waals surface area (Å²) >= 11 is 7.51. The molecule has 0 saturated heterocycles. The van der Waals surface area contributed by atoms with Crippen LogP contribution < -0.4 is 10.0 Å². The van der Waals surface area contributed by atoms with Crippen molar-refractivity contribution in [3.8, 4) is 0 Å². The van der Waals surface area contributed by atoms with Crippen LogP contribution in [0.1, 0.15) is 25.5 Å². The van der Waals surface area contributed by atoms with Gasteiger partial charge in [-0.15, -0.1) is 11.8 Å². The van der Waals surface area contributed by atoms with E-state index in [-0.39, 0.29) is 17.2 Å². The number of hydrogen-bond acceptors (Lipinski definition) is 4. The average Bonchev–Trinajstić information content (AvgIpc) is 2.55.